The molecule has 0 saturated heterocycles. The number of nitrogens with zero attached hydrogens (tertiary/aromatic N) is 3. The van der Waals surface area contributed by atoms with Crippen molar-refractivity contribution in [2.75, 3.05) is 19.0 Å². The average Bonchev–Trinajstić information content (AvgIpc) is 2.51. The van der Waals surface area contributed by atoms with Gasteiger partial charge in [-0.3, -0.25) is 0 Å². The Balaban J connectivity index is 2.02. The first-order valence-electron chi connectivity index (χ1n) is 6.51. The minimum Gasteiger partial charge on any atom is -0.437 e. The van der Waals surface area contributed by atoms with Crippen molar-refractivity contribution in [3.8, 4) is 11.6 Å². The summed E-state index contributed by atoms with van der Waals surface area (Å²) in [5, 5.41) is 10.0. The summed E-state index contributed by atoms with van der Waals surface area (Å²) in [6.07, 6.45) is 0. The van der Waals surface area contributed by atoms with Gasteiger partial charge in [0.25, 0.3) is 0 Å². The van der Waals surface area contributed by atoms with E-state index in [4.69, 9.17) is 16.3 Å². The van der Waals surface area contributed by atoms with Crippen LogP contribution in [-0.4, -0.2) is 24.3 Å². The smallest absolute Gasteiger partial charge is 0.246 e. The first-order valence-corrected chi connectivity index (χ1v) is 6.89. The van der Waals surface area contributed by atoms with Gasteiger partial charge in [-0.1, -0.05) is 35.9 Å². The molecule has 2 aromatic carbocycles. The van der Waals surface area contributed by atoms with Crippen LogP contribution >= 0.6 is 11.6 Å². The number of hydrogen-bond donors (Lipinski definition) is 0. The van der Waals surface area contributed by atoms with Crippen LogP contribution in [0.25, 0.3) is 10.8 Å². The fraction of sp³-hybridized carbons (Fsp3) is 0.125. The number of fused-ring (bicyclic) bond motifs is 1. The predicted octanol–water partition coefficient (Wildman–Crippen LogP) is 4.14. The molecule has 21 heavy (non-hydrogen) atoms. The molecule has 5 heteroatoms. The largest absolute Gasteiger partial charge is 0.437 e. The minimum absolute atomic E-state index is 0.375. The first-order chi connectivity index (χ1) is 10.1. The fourth-order valence-corrected chi connectivity index (χ4v) is 2.26. The Morgan fingerprint density at radius 3 is 2.48 bits per heavy atom. The topological polar surface area (TPSA) is 38.2 Å². The number of hydrogen-bond acceptors (Lipinski definition) is 4. The van der Waals surface area contributed by atoms with E-state index in [2.05, 4.69) is 10.2 Å². The van der Waals surface area contributed by atoms with Crippen molar-refractivity contribution >= 4 is 28.1 Å². The maximum Gasteiger partial charge on any atom is 0.246 e. The zero-order valence-corrected chi connectivity index (χ0v) is 12.5. The second-order valence-electron chi connectivity index (χ2n) is 4.84. The van der Waals surface area contributed by atoms with Crippen molar-refractivity contribution in [1.29, 1.82) is 0 Å². The van der Waals surface area contributed by atoms with E-state index in [1.807, 2.05) is 67.5 Å². The molecule has 0 amide bonds. The summed E-state index contributed by atoms with van der Waals surface area (Å²) in [7, 11) is 3.97. The first kappa shape index (κ1) is 13.6. The van der Waals surface area contributed by atoms with Crippen LogP contribution < -0.4 is 9.64 Å². The van der Waals surface area contributed by atoms with Gasteiger partial charge in [-0.05, 0) is 18.2 Å². The van der Waals surface area contributed by atoms with Crippen molar-refractivity contribution in [2.24, 2.45) is 0 Å². The molecule has 0 atom stereocenters. The van der Waals surface area contributed by atoms with Gasteiger partial charge in [-0.15, -0.1) is 10.2 Å². The van der Waals surface area contributed by atoms with Crippen LogP contribution in [-0.2, 0) is 0 Å². The monoisotopic (exact) mass is 299 g/mol. The highest BCUT2D eigenvalue weighted by Gasteiger charge is 2.09. The lowest BCUT2D eigenvalue weighted by molar-refractivity contribution is 0.462. The Kier molecular flexibility index (Phi) is 3.62. The van der Waals surface area contributed by atoms with Crippen LogP contribution in [0.3, 0.4) is 0 Å². The summed E-state index contributed by atoms with van der Waals surface area (Å²) in [5.41, 5.74) is 1.05. The standard InChI is InChI=1S/C16H14ClN3O/c1-20(2)11-6-5-7-12(10-11)21-16-14-9-4-3-8-13(14)15(17)18-19-16/h3-10H,1-2H3. The van der Waals surface area contributed by atoms with Crippen molar-refractivity contribution in [3.63, 3.8) is 0 Å². The molecule has 106 valence electrons. The number of anilines is 1. The maximum absolute atomic E-state index is 6.06. The van der Waals surface area contributed by atoms with Gasteiger partial charge < -0.3 is 9.64 Å². The Morgan fingerprint density at radius 1 is 0.952 bits per heavy atom. The van der Waals surface area contributed by atoms with Crippen LogP contribution in [0.2, 0.25) is 5.15 Å². The molecule has 0 aliphatic rings. The van der Waals surface area contributed by atoms with Gasteiger partial charge in [-0.2, -0.15) is 0 Å². The van der Waals surface area contributed by atoms with E-state index in [9.17, 15) is 0 Å². The number of ether oxygens (including phenoxy) is 1. The van der Waals surface area contributed by atoms with Gasteiger partial charge in [0, 0.05) is 36.6 Å². The molecule has 1 heterocycles. The van der Waals surface area contributed by atoms with Gasteiger partial charge in [0.2, 0.25) is 5.88 Å². The predicted molar refractivity (Wildman–Crippen MR) is 85.4 cm³/mol. The van der Waals surface area contributed by atoms with E-state index >= 15 is 0 Å². The SMILES string of the molecule is CN(C)c1cccc(Oc2nnc(Cl)c3ccccc23)c1. The molecule has 4 nitrogen and oxygen atoms in total. The summed E-state index contributed by atoms with van der Waals surface area (Å²) in [6.45, 7) is 0. The third-order valence-electron chi connectivity index (χ3n) is 3.16. The van der Waals surface area contributed by atoms with Crippen LogP contribution in [0, 0.1) is 0 Å². The highest BCUT2D eigenvalue weighted by molar-refractivity contribution is 6.34. The molecule has 0 aliphatic carbocycles. The third-order valence-corrected chi connectivity index (χ3v) is 3.44. The maximum atomic E-state index is 6.06. The van der Waals surface area contributed by atoms with Gasteiger partial charge >= 0.3 is 0 Å². The van der Waals surface area contributed by atoms with E-state index < -0.39 is 0 Å². The van der Waals surface area contributed by atoms with E-state index in [1.54, 1.807) is 0 Å². The number of aromatic nitrogens is 2. The van der Waals surface area contributed by atoms with E-state index in [-0.39, 0.29) is 0 Å². The van der Waals surface area contributed by atoms with E-state index in [0.717, 1.165) is 16.5 Å². The van der Waals surface area contributed by atoms with Crippen molar-refractivity contribution in [1.82, 2.24) is 10.2 Å². The van der Waals surface area contributed by atoms with E-state index in [0.29, 0.717) is 16.8 Å². The molecule has 0 spiro atoms. The molecular weight excluding hydrogens is 286 g/mol. The molecule has 0 unspecified atom stereocenters. The third kappa shape index (κ3) is 2.76. The Morgan fingerprint density at radius 2 is 1.71 bits per heavy atom. The van der Waals surface area contributed by atoms with Crippen LogP contribution in [0.4, 0.5) is 5.69 Å². The quantitative estimate of drug-likeness (QED) is 0.728. The lowest BCUT2D eigenvalue weighted by atomic mass is 10.2. The van der Waals surface area contributed by atoms with E-state index in [1.165, 1.54) is 0 Å². The molecule has 0 bridgehead atoms. The summed E-state index contributed by atoms with van der Waals surface area (Å²) in [4.78, 5) is 2.01. The van der Waals surface area contributed by atoms with Crippen LogP contribution in [0.15, 0.2) is 48.5 Å². The zero-order chi connectivity index (χ0) is 14.8. The zero-order valence-electron chi connectivity index (χ0n) is 11.7. The van der Waals surface area contributed by atoms with Gasteiger partial charge in [0.15, 0.2) is 5.15 Å². The molecule has 0 saturated carbocycles. The number of rotatable bonds is 3. The average molecular weight is 300 g/mol. The number of halogens is 1. The lowest BCUT2D eigenvalue weighted by Gasteiger charge is -2.14. The molecule has 3 rings (SSSR count). The van der Waals surface area contributed by atoms with Crippen molar-refractivity contribution in [3.05, 3.63) is 53.7 Å². The second-order valence-corrected chi connectivity index (χ2v) is 5.19. The minimum atomic E-state index is 0.375. The summed E-state index contributed by atoms with van der Waals surface area (Å²) < 4.78 is 5.88. The fourth-order valence-electron chi connectivity index (χ4n) is 2.06. The van der Waals surface area contributed by atoms with Gasteiger partial charge in [-0.25, -0.2) is 0 Å². The molecule has 0 fully saturated rings. The highest BCUT2D eigenvalue weighted by atomic mass is 35.5. The summed E-state index contributed by atoms with van der Waals surface area (Å²) in [6, 6.07) is 15.4. The highest BCUT2D eigenvalue weighted by Crippen LogP contribution is 2.31. The molecule has 1 aromatic heterocycles. The summed E-state index contributed by atoms with van der Waals surface area (Å²) in [5.74, 6) is 1.16. The van der Waals surface area contributed by atoms with Crippen LogP contribution in [0.1, 0.15) is 0 Å². The Labute approximate surface area is 127 Å². The lowest BCUT2D eigenvalue weighted by Crippen LogP contribution is -2.08. The normalized spacial score (nSPS) is 10.6. The van der Waals surface area contributed by atoms with Crippen LogP contribution in [0.5, 0.6) is 11.6 Å². The number of benzene rings is 2. The Hall–Kier alpha value is -2.33. The molecule has 0 N–H and O–H groups in total. The van der Waals surface area contributed by atoms with Gasteiger partial charge in [0.05, 0.1) is 0 Å². The molecule has 0 radical (unpaired) electrons. The van der Waals surface area contributed by atoms with Gasteiger partial charge in [0.1, 0.15) is 5.75 Å². The summed E-state index contributed by atoms with van der Waals surface area (Å²) >= 11 is 6.06. The molecular formula is C16H14ClN3O. The van der Waals surface area contributed by atoms with Crippen molar-refractivity contribution in [2.45, 2.75) is 0 Å². The molecule has 0 aliphatic heterocycles. The second kappa shape index (κ2) is 5.58. The molecule has 3 aromatic rings. The van der Waals surface area contributed by atoms with Crippen molar-refractivity contribution < 1.29 is 4.74 Å². The Bertz CT molecular complexity index is 789.